The molecule has 0 aliphatic carbocycles. The molecule has 0 fully saturated rings. The second kappa shape index (κ2) is 5.81. The van der Waals surface area contributed by atoms with Crippen LogP contribution in [0.4, 0.5) is 11.9 Å². The Hall–Kier alpha value is -1.14. The van der Waals surface area contributed by atoms with E-state index in [1.807, 2.05) is 13.8 Å². The first-order valence-corrected chi connectivity index (χ1v) is 5.45. The van der Waals surface area contributed by atoms with Crippen molar-refractivity contribution >= 4 is 23.5 Å². The van der Waals surface area contributed by atoms with E-state index in [4.69, 9.17) is 22.4 Å². The zero-order chi connectivity index (χ0) is 12.1. The van der Waals surface area contributed by atoms with Crippen molar-refractivity contribution < 1.29 is 5.11 Å². The van der Waals surface area contributed by atoms with Crippen LogP contribution in [0.3, 0.4) is 0 Å². The summed E-state index contributed by atoms with van der Waals surface area (Å²) in [6, 6.07) is 0.0721. The van der Waals surface area contributed by atoms with Gasteiger partial charge >= 0.3 is 0 Å². The maximum atomic E-state index is 8.93. The van der Waals surface area contributed by atoms with Crippen molar-refractivity contribution in [3.63, 3.8) is 0 Å². The van der Waals surface area contributed by atoms with Crippen LogP contribution >= 0.6 is 11.6 Å². The molecule has 0 aliphatic rings. The lowest BCUT2D eigenvalue weighted by atomic mass is 10.0. The lowest BCUT2D eigenvalue weighted by Crippen LogP contribution is -2.28. The Labute approximate surface area is 99.3 Å². The Morgan fingerprint density at radius 3 is 2.56 bits per heavy atom. The third-order valence-corrected chi connectivity index (χ3v) is 2.35. The third kappa shape index (κ3) is 3.79. The summed E-state index contributed by atoms with van der Waals surface area (Å²) in [5.41, 5.74) is 5.45. The molecule has 1 atom stereocenters. The molecule has 0 aliphatic heterocycles. The standard InChI is InChI=1S/C9H16ClN5O/c1-5(2)6(3-4-16)12-9-14-7(10)13-8(11)15-9/h5-6,16H,3-4H2,1-2H3,(H3,11,12,13,14,15). The van der Waals surface area contributed by atoms with Crippen molar-refractivity contribution in [1.29, 1.82) is 0 Å². The monoisotopic (exact) mass is 245 g/mol. The minimum atomic E-state index is 0.0569. The largest absolute Gasteiger partial charge is 0.396 e. The minimum absolute atomic E-state index is 0.0569. The molecule has 0 aromatic carbocycles. The average molecular weight is 246 g/mol. The Morgan fingerprint density at radius 2 is 2.06 bits per heavy atom. The maximum absolute atomic E-state index is 8.93. The summed E-state index contributed by atoms with van der Waals surface area (Å²) in [6.45, 7) is 4.18. The molecule has 0 amide bonds. The van der Waals surface area contributed by atoms with Gasteiger partial charge in [0.25, 0.3) is 0 Å². The van der Waals surface area contributed by atoms with Gasteiger partial charge in [0.05, 0.1) is 0 Å². The fourth-order valence-electron chi connectivity index (χ4n) is 1.31. The van der Waals surface area contributed by atoms with Gasteiger partial charge in [0.1, 0.15) is 0 Å². The molecule has 0 bridgehead atoms. The van der Waals surface area contributed by atoms with Gasteiger partial charge in [-0.05, 0) is 23.9 Å². The van der Waals surface area contributed by atoms with E-state index in [0.29, 0.717) is 18.3 Å². The summed E-state index contributed by atoms with van der Waals surface area (Å²) in [5.74, 6) is 0.752. The van der Waals surface area contributed by atoms with Gasteiger partial charge in [-0.2, -0.15) is 15.0 Å². The number of rotatable bonds is 5. The van der Waals surface area contributed by atoms with Crippen molar-refractivity contribution in [2.45, 2.75) is 26.3 Å². The van der Waals surface area contributed by atoms with Crippen LogP contribution in [-0.2, 0) is 0 Å². The summed E-state index contributed by atoms with van der Waals surface area (Å²) in [6.07, 6.45) is 0.612. The highest BCUT2D eigenvalue weighted by Gasteiger charge is 2.14. The molecule has 1 aromatic rings. The molecule has 0 saturated carbocycles. The molecule has 4 N–H and O–H groups in total. The number of nitrogens with zero attached hydrogens (tertiary/aromatic N) is 3. The Morgan fingerprint density at radius 1 is 1.38 bits per heavy atom. The van der Waals surface area contributed by atoms with Crippen molar-refractivity contribution in [3.8, 4) is 0 Å². The molecule has 0 spiro atoms. The highest BCUT2D eigenvalue weighted by atomic mass is 35.5. The average Bonchev–Trinajstić information content (AvgIpc) is 2.15. The molecule has 6 nitrogen and oxygen atoms in total. The van der Waals surface area contributed by atoms with E-state index in [2.05, 4.69) is 20.3 Å². The normalized spacial score (nSPS) is 12.8. The molecular weight excluding hydrogens is 230 g/mol. The van der Waals surface area contributed by atoms with Gasteiger partial charge in [-0.15, -0.1) is 0 Å². The van der Waals surface area contributed by atoms with Crippen LogP contribution in [0, 0.1) is 5.92 Å². The third-order valence-electron chi connectivity index (χ3n) is 2.18. The van der Waals surface area contributed by atoms with E-state index in [1.165, 1.54) is 0 Å². The predicted molar refractivity (Wildman–Crippen MR) is 63.2 cm³/mol. The predicted octanol–water partition coefficient (Wildman–Crippen LogP) is 0.926. The number of halogens is 1. The Bertz CT molecular complexity index is 326. The second-order valence-electron chi connectivity index (χ2n) is 3.79. The summed E-state index contributed by atoms with van der Waals surface area (Å²) >= 11 is 5.66. The molecule has 0 radical (unpaired) electrons. The number of nitrogens with one attached hydrogen (secondary N) is 1. The number of anilines is 2. The van der Waals surface area contributed by atoms with Crippen molar-refractivity contribution in [1.82, 2.24) is 15.0 Å². The van der Waals surface area contributed by atoms with Crippen LogP contribution in [0.1, 0.15) is 20.3 Å². The minimum Gasteiger partial charge on any atom is -0.396 e. The molecule has 1 heterocycles. The van der Waals surface area contributed by atoms with E-state index in [9.17, 15) is 0 Å². The number of nitrogen functional groups attached to an aromatic ring is 1. The first-order chi connectivity index (χ1) is 7.52. The van der Waals surface area contributed by atoms with Crippen LogP contribution in [0.5, 0.6) is 0 Å². The molecule has 90 valence electrons. The van der Waals surface area contributed by atoms with E-state index < -0.39 is 0 Å². The van der Waals surface area contributed by atoms with Gasteiger partial charge in [0.15, 0.2) is 0 Å². The number of aliphatic hydroxyl groups excluding tert-OH is 1. The lowest BCUT2D eigenvalue weighted by Gasteiger charge is -2.21. The zero-order valence-corrected chi connectivity index (χ0v) is 10.1. The summed E-state index contributed by atoms with van der Waals surface area (Å²) in [7, 11) is 0. The maximum Gasteiger partial charge on any atom is 0.229 e. The van der Waals surface area contributed by atoms with Crippen molar-refractivity contribution in [2.75, 3.05) is 17.7 Å². The van der Waals surface area contributed by atoms with Crippen LogP contribution in [-0.4, -0.2) is 32.7 Å². The highest BCUT2D eigenvalue weighted by molar-refractivity contribution is 6.28. The second-order valence-corrected chi connectivity index (χ2v) is 4.13. The fraction of sp³-hybridized carbons (Fsp3) is 0.667. The van der Waals surface area contributed by atoms with Gasteiger partial charge in [-0.3, -0.25) is 0 Å². The van der Waals surface area contributed by atoms with Crippen LogP contribution in [0.25, 0.3) is 0 Å². The summed E-state index contributed by atoms with van der Waals surface area (Å²) in [4.78, 5) is 11.5. The SMILES string of the molecule is CC(C)C(CCO)Nc1nc(N)nc(Cl)n1. The number of aromatic nitrogens is 3. The Kier molecular flexibility index (Phi) is 4.70. The highest BCUT2D eigenvalue weighted by Crippen LogP contribution is 2.13. The van der Waals surface area contributed by atoms with Crippen molar-refractivity contribution in [2.24, 2.45) is 5.92 Å². The van der Waals surface area contributed by atoms with E-state index in [0.717, 1.165) is 0 Å². The van der Waals surface area contributed by atoms with E-state index in [-0.39, 0.29) is 23.9 Å². The molecule has 7 heteroatoms. The van der Waals surface area contributed by atoms with Gasteiger partial charge in [-0.25, -0.2) is 0 Å². The molecule has 0 saturated heterocycles. The number of aliphatic hydroxyl groups is 1. The first kappa shape index (κ1) is 12.9. The molecule has 1 rings (SSSR count). The van der Waals surface area contributed by atoms with Crippen LogP contribution < -0.4 is 11.1 Å². The smallest absolute Gasteiger partial charge is 0.229 e. The number of nitrogens with two attached hydrogens (primary N) is 1. The lowest BCUT2D eigenvalue weighted by molar-refractivity contribution is 0.267. The number of hydrogen-bond donors (Lipinski definition) is 3. The molecule has 16 heavy (non-hydrogen) atoms. The van der Waals surface area contributed by atoms with E-state index in [1.54, 1.807) is 0 Å². The van der Waals surface area contributed by atoms with Gasteiger partial charge in [-0.1, -0.05) is 13.8 Å². The number of hydrogen-bond acceptors (Lipinski definition) is 6. The van der Waals surface area contributed by atoms with E-state index >= 15 is 0 Å². The fourth-order valence-corrected chi connectivity index (χ4v) is 1.47. The van der Waals surface area contributed by atoms with Gasteiger partial charge in [0, 0.05) is 12.6 Å². The zero-order valence-electron chi connectivity index (χ0n) is 9.31. The molecular formula is C9H16ClN5O. The summed E-state index contributed by atoms with van der Waals surface area (Å²) < 4.78 is 0. The van der Waals surface area contributed by atoms with Crippen LogP contribution in [0.2, 0.25) is 5.28 Å². The molecule has 1 aromatic heterocycles. The first-order valence-electron chi connectivity index (χ1n) is 5.07. The topological polar surface area (TPSA) is 97.0 Å². The molecule has 1 unspecified atom stereocenters. The summed E-state index contributed by atoms with van der Waals surface area (Å²) in [5, 5.41) is 12.1. The van der Waals surface area contributed by atoms with Gasteiger partial charge < -0.3 is 16.2 Å². The van der Waals surface area contributed by atoms with Crippen LogP contribution in [0.15, 0.2) is 0 Å². The van der Waals surface area contributed by atoms with Crippen molar-refractivity contribution in [3.05, 3.63) is 5.28 Å². The Balaban J connectivity index is 2.76. The van der Waals surface area contributed by atoms with Gasteiger partial charge in [0.2, 0.25) is 17.2 Å². The quantitative estimate of drug-likeness (QED) is 0.714.